The maximum absolute atomic E-state index is 9.80. The van der Waals surface area contributed by atoms with Gasteiger partial charge in [-0.3, -0.25) is 0 Å². The van der Waals surface area contributed by atoms with Gasteiger partial charge in [0.05, 0.1) is 39.1 Å². The summed E-state index contributed by atoms with van der Waals surface area (Å²) in [5.74, 6) is 0. The molecule has 0 bridgehead atoms. The summed E-state index contributed by atoms with van der Waals surface area (Å²) in [4.78, 5) is 0. The zero-order valence-corrected chi connectivity index (χ0v) is 13.4. The summed E-state index contributed by atoms with van der Waals surface area (Å²) in [6, 6.07) is 3.19. The molecule has 0 heterocycles. The molecule has 0 amide bonds. The van der Waals surface area contributed by atoms with Gasteiger partial charge in [-0.15, -0.1) is 0 Å². The van der Waals surface area contributed by atoms with Crippen molar-refractivity contribution >= 4 is 40.5 Å². The Morgan fingerprint density at radius 3 is 2.32 bits per heavy atom. The molecule has 0 aliphatic carbocycles. The van der Waals surface area contributed by atoms with Gasteiger partial charge in [-0.2, -0.15) is 0 Å². The maximum atomic E-state index is 9.80. The number of aliphatic hydroxyl groups excluding tert-OH is 1. The van der Waals surface area contributed by atoms with Crippen LogP contribution in [0.2, 0.25) is 15.1 Å². The second-order valence-electron chi connectivity index (χ2n) is 5.20. The zero-order chi connectivity index (χ0) is 14.6. The van der Waals surface area contributed by atoms with Crippen molar-refractivity contribution in [3.8, 4) is 0 Å². The van der Waals surface area contributed by atoms with Crippen molar-refractivity contribution in [2.75, 3.05) is 18.5 Å². The van der Waals surface area contributed by atoms with Gasteiger partial charge in [-0.05, 0) is 32.9 Å². The van der Waals surface area contributed by atoms with Crippen molar-refractivity contribution < 1.29 is 9.84 Å². The summed E-state index contributed by atoms with van der Waals surface area (Å²) in [5, 5.41) is 14.1. The summed E-state index contributed by atoms with van der Waals surface area (Å²) in [7, 11) is 0. The summed E-state index contributed by atoms with van der Waals surface area (Å²) in [6.45, 7) is 6.36. The van der Waals surface area contributed by atoms with Crippen molar-refractivity contribution in [1.82, 2.24) is 0 Å². The van der Waals surface area contributed by atoms with Gasteiger partial charge in [0.15, 0.2) is 0 Å². The average Bonchev–Trinajstić information content (AvgIpc) is 2.28. The van der Waals surface area contributed by atoms with E-state index in [1.165, 1.54) is 0 Å². The SMILES string of the molecule is CC(C)(C)OCC(O)CNc1cc(Cl)c(Cl)cc1Cl. The molecule has 1 aromatic carbocycles. The van der Waals surface area contributed by atoms with Crippen molar-refractivity contribution in [2.45, 2.75) is 32.5 Å². The number of hydrogen-bond donors (Lipinski definition) is 2. The van der Waals surface area contributed by atoms with E-state index in [9.17, 15) is 5.11 Å². The molecule has 0 radical (unpaired) electrons. The second-order valence-corrected chi connectivity index (χ2v) is 6.43. The van der Waals surface area contributed by atoms with Crippen LogP contribution in [0.3, 0.4) is 0 Å². The lowest BCUT2D eigenvalue weighted by Crippen LogP contribution is -2.30. The van der Waals surface area contributed by atoms with E-state index in [-0.39, 0.29) is 12.2 Å². The Labute approximate surface area is 128 Å². The Morgan fingerprint density at radius 1 is 1.16 bits per heavy atom. The molecule has 1 aromatic rings. The fourth-order valence-corrected chi connectivity index (χ4v) is 1.90. The lowest BCUT2D eigenvalue weighted by molar-refractivity contribution is -0.0449. The smallest absolute Gasteiger partial charge is 0.0945 e. The van der Waals surface area contributed by atoms with E-state index < -0.39 is 6.10 Å². The van der Waals surface area contributed by atoms with E-state index in [4.69, 9.17) is 39.5 Å². The lowest BCUT2D eigenvalue weighted by atomic mass is 10.2. The standard InChI is InChI=1S/C13H18Cl3NO2/c1-13(2,3)19-7-8(18)6-17-12-5-10(15)9(14)4-11(12)16/h4-5,8,17-18H,6-7H2,1-3H3. The minimum Gasteiger partial charge on any atom is -0.389 e. The van der Waals surface area contributed by atoms with Crippen LogP contribution >= 0.6 is 34.8 Å². The number of ether oxygens (including phenoxy) is 1. The summed E-state index contributed by atoms with van der Waals surface area (Å²) in [6.07, 6.45) is -0.634. The summed E-state index contributed by atoms with van der Waals surface area (Å²) in [5.41, 5.74) is 0.355. The van der Waals surface area contributed by atoms with Crippen LogP contribution in [0.25, 0.3) is 0 Å². The molecule has 108 valence electrons. The highest BCUT2D eigenvalue weighted by Crippen LogP contribution is 2.32. The Balaban J connectivity index is 2.51. The molecule has 1 unspecified atom stereocenters. The third-order valence-electron chi connectivity index (χ3n) is 2.25. The van der Waals surface area contributed by atoms with E-state index in [1.807, 2.05) is 20.8 Å². The first-order valence-electron chi connectivity index (χ1n) is 5.89. The molecule has 0 aliphatic rings. The van der Waals surface area contributed by atoms with Crippen LogP contribution < -0.4 is 5.32 Å². The number of rotatable bonds is 5. The van der Waals surface area contributed by atoms with Gasteiger partial charge < -0.3 is 15.2 Å². The first kappa shape index (κ1) is 16.9. The topological polar surface area (TPSA) is 41.5 Å². The molecule has 0 saturated heterocycles. The van der Waals surface area contributed by atoms with Crippen LogP contribution in [0.15, 0.2) is 12.1 Å². The monoisotopic (exact) mass is 325 g/mol. The van der Waals surface area contributed by atoms with Crippen LogP contribution in [-0.4, -0.2) is 30.0 Å². The van der Waals surface area contributed by atoms with Crippen LogP contribution in [0.1, 0.15) is 20.8 Å². The number of nitrogens with one attached hydrogen (secondary N) is 1. The van der Waals surface area contributed by atoms with Gasteiger partial charge in [0.25, 0.3) is 0 Å². The minimum absolute atomic E-state index is 0.245. The zero-order valence-electron chi connectivity index (χ0n) is 11.1. The molecular formula is C13H18Cl3NO2. The van der Waals surface area contributed by atoms with E-state index in [1.54, 1.807) is 12.1 Å². The molecule has 3 nitrogen and oxygen atoms in total. The van der Waals surface area contributed by atoms with Crippen LogP contribution in [0, 0.1) is 0 Å². The third-order valence-corrected chi connectivity index (χ3v) is 3.28. The van der Waals surface area contributed by atoms with Crippen LogP contribution in [0.4, 0.5) is 5.69 Å². The van der Waals surface area contributed by atoms with E-state index in [2.05, 4.69) is 5.32 Å². The van der Waals surface area contributed by atoms with Crippen LogP contribution in [0.5, 0.6) is 0 Å². The summed E-state index contributed by atoms with van der Waals surface area (Å²) >= 11 is 17.8. The van der Waals surface area contributed by atoms with Crippen molar-refractivity contribution in [3.63, 3.8) is 0 Å². The number of hydrogen-bond acceptors (Lipinski definition) is 3. The highest BCUT2D eigenvalue weighted by Gasteiger charge is 2.14. The Bertz CT molecular complexity index is 433. The number of halogens is 3. The van der Waals surface area contributed by atoms with Gasteiger partial charge in [-0.1, -0.05) is 34.8 Å². The molecule has 2 N–H and O–H groups in total. The second kappa shape index (κ2) is 7.00. The molecule has 0 aromatic heterocycles. The quantitative estimate of drug-likeness (QED) is 0.795. The van der Waals surface area contributed by atoms with Gasteiger partial charge in [-0.25, -0.2) is 0 Å². The minimum atomic E-state index is -0.634. The van der Waals surface area contributed by atoms with E-state index >= 15 is 0 Å². The van der Waals surface area contributed by atoms with Gasteiger partial charge in [0, 0.05) is 6.54 Å². The van der Waals surface area contributed by atoms with Gasteiger partial charge in [0.1, 0.15) is 0 Å². The van der Waals surface area contributed by atoms with Gasteiger partial charge >= 0.3 is 0 Å². The maximum Gasteiger partial charge on any atom is 0.0945 e. The molecule has 0 spiro atoms. The van der Waals surface area contributed by atoms with Crippen molar-refractivity contribution in [3.05, 3.63) is 27.2 Å². The van der Waals surface area contributed by atoms with Crippen LogP contribution in [-0.2, 0) is 4.74 Å². The molecule has 6 heteroatoms. The molecule has 0 aliphatic heterocycles. The summed E-state index contributed by atoms with van der Waals surface area (Å²) < 4.78 is 5.48. The molecule has 19 heavy (non-hydrogen) atoms. The highest BCUT2D eigenvalue weighted by atomic mass is 35.5. The first-order valence-corrected chi connectivity index (χ1v) is 7.03. The fourth-order valence-electron chi connectivity index (χ4n) is 1.29. The lowest BCUT2D eigenvalue weighted by Gasteiger charge is -2.22. The average molecular weight is 327 g/mol. The molecule has 1 atom stereocenters. The predicted molar refractivity (Wildman–Crippen MR) is 81.7 cm³/mol. The number of aliphatic hydroxyl groups is 1. The molecule has 0 fully saturated rings. The molecular weight excluding hydrogens is 309 g/mol. The highest BCUT2D eigenvalue weighted by molar-refractivity contribution is 6.44. The normalized spacial score (nSPS) is 13.4. The van der Waals surface area contributed by atoms with E-state index in [0.717, 1.165) is 0 Å². The van der Waals surface area contributed by atoms with Crippen molar-refractivity contribution in [2.24, 2.45) is 0 Å². The third kappa shape index (κ3) is 6.19. The molecule has 0 saturated carbocycles. The Hall–Kier alpha value is -0.190. The number of anilines is 1. The number of benzene rings is 1. The Morgan fingerprint density at radius 2 is 1.74 bits per heavy atom. The van der Waals surface area contributed by atoms with Gasteiger partial charge in [0.2, 0.25) is 0 Å². The Kier molecular flexibility index (Phi) is 6.21. The van der Waals surface area contributed by atoms with Crippen molar-refractivity contribution in [1.29, 1.82) is 0 Å². The molecule has 1 rings (SSSR count). The van der Waals surface area contributed by atoms with E-state index in [0.29, 0.717) is 27.3 Å². The predicted octanol–water partition coefficient (Wildman–Crippen LogP) is 4.23. The largest absolute Gasteiger partial charge is 0.389 e. The first-order chi connectivity index (χ1) is 8.69. The fraction of sp³-hybridized carbons (Fsp3) is 0.538.